The first-order valence-electron chi connectivity index (χ1n) is 10.2. The molecule has 4 nitrogen and oxygen atoms in total. The molecule has 0 aliphatic carbocycles. The van der Waals surface area contributed by atoms with Crippen molar-refractivity contribution in [3.05, 3.63) is 60.4 Å². The van der Waals surface area contributed by atoms with Gasteiger partial charge in [0.25, 0.3) is 0 Å². The second-order valence-electron chi connectivity index (χ2n) is 7.61. The molecule has 0 N–H and O–H groups in total. The number of nitrogens with zero attached hydrogens (tertiary/aromatic N) is 1. The molecule has 1 aromatic heterocycles. The number of carbonyl (C=O) groups is 1. The number of ether oxygens (including phenoxy) is 1. The van der Waals surface area contributed by atoms with Crippen LogP contribution in [0.15, 0.2) is 40.8 Å². The van der Waals surface area contributed by atoms with Gasteiger partial charge in [-0.05, 0) is 96.7 Å². The van der Waals surface area contributed by atoms with Gasteiger partial charge in [-0.1, -0.05) is 31.5 Å². The molecule has 160 valence electrons. The Morgan fingerprint density at radius 3 is 2.63 bits per heavy atom. The van der Waals surface area contributed by atoms with E-state index in [0.717, 1.165) is 61.7 Å². The Bertz CT molecular complexity index is 1030. The van der Waals surface area contributed by atoms with Gasteiger partial charge in [0.1, 0.15) is 11.3 Å². The van der Waals surface area contributed by atoms with E-state index < -0.39 is 0 Å². The van der Waals surface area contributed by atoms with Crippen molar-refractivity contribution >= 4 is 61.9 Å². The lowest BCUT2D eigenvalue weighted by atomic mass is 10.00. The molecule has 30 heavy (non-hydrogen) atoms. The van der Waals surface area contributed by atoms with Crippen LogP contribution in [0.4, 0.5) is 0 Å². The number of para-hydroxylation sites is 1. The molecule has 0 aliphatic heterocycles. The van der Waals surface area contributed by atoms with Crippen LogP contribution in [0.2, 0.25) is 0 Å². The van der Waals surface area contributed by atoms with Crippen LogP contribution in [0.3, 0.4) is 0 Å². The summed E-state index contributed by atoms with van der Waals surface area (Å²) in [7, 11) is 4.10. The fraction of sp³-hybridized carbons (Fsp3) is 0.375. The highest BCUT2D eigenvalue weighted by Crippen LogP contribution is 2.33. The number of carbonyl (C=O) groups excluding carboxylic acids is 1. The fourth-order valence-corrected chi connectivity index (χ4v) is 4.54. The minimum absolute atomic E-state index is 0.0710. The van der Waals surface area contributed by atoms with Crippen LogP contribution in [-0.2, 0) is 6.42 Å². The minimum atomic E-state index is -0.0710. The summed E-state index contributed by atoms with van der Waals surface area (Å²) in [6, 6.07) is 11.8. The Balaban J connectivity index is 1.94. The molecule has 2 aromatic carbocycles. The molecule has 0 aliphatic rings. The molecule has 3 aromatic rings. The zero-order valence-electron chi connectivity index (χ0n) is 17.6. The van der Waals surface area contributed by atoms with Crippen molar-refractivity contribution < 1.29 is 13.9 Å². The third kappa shape index (κ3) is 5.56. The van der Waals surface area contributed by atoms with E-state index in [1.54, 1.807) is 0 Å². The van der Waals surface area contributed by atoms with Gasteiger partial charge in [0, 0.05) is 30.2 Å². The van der Waals surface area contributed by atoms with E-state index in [0.29, 0.717) is 17.9 Å². The lowest BCUT2D eigenvalue weighted by Gasteiger charge is -2.13. The van der Waals surface area contributed by atoms with Gasteiger partial charge in [-0.25, -0.2) is 0 Å². The van der Waals surface area contributed by atoms with Crippen molar-refractivity contribution in [3.63, 3.8) is 0 Å². The van der Waals surface area contributed by atoms with Crippen molar-refractivity contribution in [3.8, 4) is 5.75 Å². The van der Waals surface area contributed by atoms with Crippen LogP contribution in [0.25, 0.3) is 11.0 Å². The maximum absolute atomic E-state index is 13.6. The number of benzene rings is 2. The summed E-state index contributed by atoms with van der Waals surface area (Å²) in [4.78, 5) is 15.7. The lowest BCUT2D eigenvalue weighted by Crippen LogP contribution is -2.15. The molecule has 0 saturated heterocycles. The molecule has 0 saturated carbocycles. The predicted octanol–water partition coefficient (Wildman–Crippen LogP) is 6.55. The SMILES string of the molecule is CCCCc1c(C(=O)c2cc(OCCCN(C)C)cc(I)c2I)oc2ccccc12. The first-order chi connectivity index (χ1) is 14.4. The number of halogens is 2. The Hall–Kier alpha value is -1.13. The quantitative estimate of drug-likeness (QED) is 0.145. The maximum Gasteiger partial charge on any atom is 0.229 e. The van der Waals surface area contributed by atoms with Gasteiger partial charge < -0.3 is 14.1 Å². The standard InChI is InChI=1S/C24H27I2NO3/c1-4-5-9-18-17-10-6-7-11-21(17)30-24(18)23(28)19-14-16(15-20(25)22(19)26)29-13-8-12-27(2)3/h6-7,10-11,14-15H,4-5,8-9,12-13H2,1-3H3. The highest BCUT2D eigenvalue weighted by molar-refractivity contribution is 14.1. The van der Waals surface area contributed by atoms with Gasteiger partial charge in [-0.15, -0.1) is 0 Å². The topological polar surface area (TPSA) is 42.7 Å². The first kappa shape index (κ1) is 23.5. The number of furan rings is 1. The van der Waals surface area contributed by atoms with Crippen LogP contribution < -0.4 is 4.74 Å². The van der Waals surface area contributed by atoms with E-state index in [1.165, 1.54) is 0 Å². The highest BCUT2D eigenvalue weighted by atomic mass is 127. The summed E-state index contributed by atoms with van der Waals surface area (Å²) in [5, 5.41) is 1.04. The van der Waals surface area contributed by atoms with Crippen molar-refractivity contribution in [2.45, 2.75) is 32.6 Å². The van der Waals surface area contributed by atoms with Crippen LogP contribution in [-0.4, -0.2) is 37.9 Å². The summed E-state index contributed by atoms with van der Waals surface area (Å²) in [5.74, 6) is 1.12. The maximum atomic E-state index is 13.6. The molecule has 0 spiro atoms. The average molecular weight is 631 g/mol. The van der Waals surface area contributed by atoms with Crippen LogP contribution in [0.1, 0.15) is 47.9 Å². The Kier molecular flexibility index (Phi) is 8.59. The second kappa shape index (κ2) is 10.9. The summed E-state index contributed by atoms with van der Waals surface area (Å²) in [6.07, 6.45) is 3.86. The normalized spacial score (nSPS) is 11.4. The van der Waals surface area contributed by atoms with E-state index >= 15 is 0 Å². The predicted molar refractivity (Wildman–Crippen MR) is 139 cm³/mol. The Morgan fingerprint density at radius 1 is 1.13 bits per heavy atom. The molecule has 1 heterocycles. The van der Waals surface area contributed by atoms with Gasteiger partial charge in [0.2, 0.25) is 5.78 Å². The van der Waals surface area contributed by atoms with E-state index in [-0.39, 0.29) is 5.78 Å². The smallest absolute Gasteiger partial charge is 0.229 e. The van der Waals surface area contributed by atoms with Crippen molar-refractivity contribution in [1.29, 1.82) is 0 Å². The van der Waals surface area contributed by atoms with Gasteiger partial charge in [0.15, 0.2) is 5.76 Å². The molecule has 0 amide bonds. The molecule has 0 unspecified atom stereocenters. The molecular weight excluding hydrogens is 604 g/mol. The summed E-state index contributed by atoms with van der Waals surface area (Å²) < 4.78 is 14.0. The largest absolute Gasteiger partial charge is 0.493 e. The van der Waals surface area contributed by atoms with E-state index in [4.69, 9.17) is 9.15 Å². The summed E-state index contributed by atoms with van der Waals surface area (Å²) >= 11 is 4.51. The van der Waals surface area contributed by atoms with Crippen LogP contribution in [0.5, 0.6) is 5.75 Å². The number of hydrogen-bond acceptors (Lipinski definition) is 4. The second-order valence-corrected chi connectivity index (χ2v) is 9.85. The minimum Gasteiger partial charge on any atom is -0.493 e. The molecule has 0 fully saturated rings. The molecule has 3 rings (SSSR count). The third-order valence-electron chi connectivity index (χ3n) is 4.95. The third-order valence-corrected chi connectivity index (χ3v) is 7.99. The molecule has 6 heteroatoms. The summed E-state index contributed by atoms with van der Waals surface area (Å²) in [6.45, 7) is 3.74. The molecule has 0 bridgehead atoms. The van der Waals surface area contributed by atoms with Gasteiger partial charge in [-0.3, -0.25) is 4.79 Å². The zero-order chi connectivity index (χ0) is 21.7. The van der Waals surface area contributed by atoms with Gasteiger partial charge in [-0.2, -0.15) is 0 Å². The molecular formula is C24H27I2NO3. The van der Waals surface area contributed by atoms with Gasteiger partial charge >= 0.3 is 0 Å². The number of aryl methyl sites for hydroxylation is 1. The number of ketones is 1. The van der Waals surface area contributed by atoms with Crippen molar-refractivity contribution in [2.75, 3.05) is 27.2 Å². The molecule has 0 radical (unpaired) electrons. The number of unbranched alkanes of at least 4 members (excludes halogenated alkanes) is 1. The highest BCUT2D eigenvalue weighted by Gasteiger charge is 2.24. The fourth-order valence-electron chi connectivity index (χ4n) is 3.39. The summed E-state index contributed by atoms with van der Waals surface area (Å²) in [5.41, 5.74) is 2.43. The van der Waals surface area contributed by atoms with Crippen LogP contribution in [0, 0.1) is 7.14 Å². The van der Waals surface area contributed by atoms with Crippen molar-refractivity contribution in [1.82, 2.24) is 4.90 Å². The zero-order valence-corrected chi connectivity index (χ0v) is 21.9. The van der Waals surface area contributed by atoms with Gasteiger partial charge in [0.05, 0.1) is 6.61 Å². The Labute approximate surface area is 205 Å². The van der Waals surface area contributed by atoms with Crippen molar-refractivity contribution in [2.24, 2.45) is 0 Å². The lowest BCUT2D eigenvalue weighted by molar-refractivity contribution is 0.101. The van der Waals surface area contributed by atoms with Crippen LogP contribution >= 0.6 is 45.2 Å². The average Bonchev–Trinajstić information content (AvgIpc) is 3.10. The number of hydrogen-bond donors (Lipinski definition) is 0. The Morgan fingerprint density at radius 2 is 1.90 bits per heavy atom. The van der Waals surface area contributed by atoms with E-state index in [9.17, 15) is 4.79 Å². The monoisotopic (exact) mass is 631 g/mol. The van der Waals surface area contributed by atoms with E-state index in [2.05, 4.69) is 57.0 Å². The number of rotatable bonds is 10. The first-order valence-corrected chi connectivity index (χ1v) is 12.4. The molecule has 0 atom stereocenters. The van der Waals surface area contributed by atoms with E-state index in [1.807, 2.05) is 50.5 Å². The number of fused-ring (bicyclic) bond motifs is 1.